The van der Waals surface area contributed by atoms with Crippen LogP contribution in [0.15, 0.2) is 0 Å². The van der Waals surface area contributed by atoms with Crippen molar-refractivity contribution in [2.45, 2.75) is 31.5 Å². The normalized spacial score (nSPS) is 19.3. The zero-order chi connectivity index (χ0) is 5.98. The largest absolute Gasteiger partial charge is 0.454 e. The van der Waals surface area contributed by atoms with Crippen molar-refractivity contribution in [3.05, 3.63) is 0 Å². The standard InChI is InChI=1S/C5H11BO2.H2O/c7-6(8)5-3-1-2-4-5;/h5,7-8H,1-4H2;1H2. The first-order valence-electron chi connectivity index (χ1n) is 3.17. The molecular formula is C5H13BO3. The zero-order valence-corrected chi connectivity index (χ0v) is 5.38. The minimum absolute atomic E-state index is 0. The maximum absolute atomic E-state index is 8.61. The summed E-state index contributed by atoms with van der Waals surface area (Å²) in [5.41, 5.74) is 0. The van der Waals surface area contributed by atoms with E-state index in [1.54, 1.807) is 0 Å². The molecule has 0 atom stereocenters. The van der Waals surface area contributed by atoms with Gasteiger partial charge in [-0.1, -0.05) is 25.7 Å². The van der Waals surface area contributed by atoms with Crippen molar-refractivity contribution < 1.29 is 15.5 Å². The van der Waals surface area contributed by atoms with Gasteiger partial charge in [0.2, 0.25) is 0 Å². The molecule has 1 saturated carbocycles. The highest BCUT2D eigenvalue weighted by atomic mass is 16.4. The maximum atomic E-state index is 8.61. The van der Waals surface area contributed by atoms with Crippen LogP contribution in [-0.2, 0) is 0 Å². The summed E-state index contributed by atoms with van der Waals surface area (Å²) in [6.45, 7) is 0. The third kappa shape index (κ3) is 2.34. The van der Waals surface area contributed by atoms with E-state index in [1.807, 2.05) is 0 Å². The fourth-order valence-electron chi connectivity index (χ4n) is 1.26. The van der Waals surface area contributed by atoms with E-state index in [4.69, 9.17) is 10.0 Å². The molecular weight excluding hydrogens is 119 g/mol. The lowest BCUT2D eigenvalue weighted by atomic mass is 9.72. The minimum Gasteiger partial charge on any atom is -0.427 e. The lowest BCUT2D eigenvalue weighted by Crippen LogP contribution is -2.17. The fourth-order valence-corrected chi connectivity index (χ4v) is 1.26. The second kappa shape index (κ2) is 3.87. The summed E-state index contributed by atoms with van der Waals surface area (Å²) >= 11 is 0. The third-order valence-corrected chi connectivity index (χ3v) is 1.82. The average Bonchev–Trinajstić information content (AvgIpc) is 2.12. The van der Waals surface area contributed by atoms with Crippen LogP contribution in [0.2, 0.25) is 5.82 Å². The van der Waals surface area contributed by atoms with Gasteiger partial charge in [0.1, 0.15) is 0 Å². The second-order valence-corrected chi connectivity index (χ2v) is 2.46. The molecule has 0 radical (unpaired) electrons. The molecule has 4 N–H and O–H groups in total. The smallest absolute Gasteiger partial charge is 0.427 e. The average molecular weight is 132 g/mol. The predicted octanol–water partition coefficient (Wildman–Crippen LogP) is -0.421. The SMILES string of the molecule is O.OB(O)C1CCCC1. The Kier molecular flexibility index (Phi) is 3.85. The quantitative estimate of drug-likeness (QED) is 0.475. The number of hydrogen-bond acceptors (Lipinski definition) is 2. The van der Waals surface area contributed by atoms with E-state index >= 15 is 0 Å². The van der Waals surface area contributed by atoms with Crippen molar-refractivity contribution in [1.82, 2.24) is 0 Å². The Hall–Kier alpha value is -0.0551. The van der Waals surface area contributed by atoms with Crippen molar-refractivity contribution in [2.75, 3.05) is 0 Å². The van der Waals surface area contributed by atoms with Crippen LogP contribution in [0.4, 0.5) is 0 Å². The van der Waals surface area contributed by atoms with Crippen molar-refractivity contribution in [3.8, 4) is 0 Å². The third-order valence-electron chi connectivity index (χ3n) is 1.82. The van der Waals surface area contributed by atoms with Gasteiger partial charge in [0.15, 0.2) is 0 Å². The van der Waals surface area contributed by atoms with Crippen LogP contribution >= 0.6 is 0 Å². The van der Waals surface area contributed by atoms with Crippen molar-refractivity contribution in [2.24, 2.45) is 0 Å². The van der Waals surface area contributed by atoms with Gasteiger partial charge in [-0.2, -0.15) is 0 Å². The summed E-state index contributed by atoms with van der Waals surface area (Å²) in [5, 5.41) is 17.2. The molecule has 4 heteroatoms. The second-order valence-electron chi connectivity index (χ2n) is 2.46. The van der Waals surface area contributed by atoms with Crippen LogP contribution in [-0.4, -0.2) is 22.6 Å². The molecule has 3 nitrogen and oxygen atoms in total. The molecule has 0 spiro atoms. The molecule has 1 aliphatic carbocycles. The topological polar surface area (TPSA) is 72.0 Å². The van der Waals surface area contributed by atoms with Gasteiger partial charge >= 0.3 is 7.12 Å². The molecule has 0 bridgehead atoms. The zero-order valence-electron chi connectivity index (χ0n) is 5.38. The molecule has 0 saturated heterocycles. The molecule has 1 rings (SSSR count). The molecule has 0 unspecified atom stereocenters. The van der Waals surface area contributed by atoms with Gasteiger partial charge in [-0.15, -0.1) is 0 Å². The van der Waals surface area contributed by atoms with E-state index in [9.17, 15) is 0 Å². The van der Waals surface area contributed by atoms with Crippen LogP contribution in [0.5, 0.6) is 0 Å². The van der Waals surface area contributed by atoms with Crippen LogP contribution in [0.1, 0.15) is 25.7 Å². The molecule has 9 heavy (non-hydrogen) atoms. The van der Waals surface area contributed by atoms with Crippen LogP contribution < -0.4 is 0 Å². The lowest BCUT2D eigenvalue weighted by molar-refractivity contribution is 0.384. The summed E-state index contributed by atoms with van der Waals surface area (Å²) in [5.74, 6) is 0.176. The fraction of sp³-hybridized carbons (Fsp3) is 1.00. The first-order chi connectivity index (χ1) is 3.80. The summed E-state index contributed by atoms with van der Waals surface area (Å²) in [4.78, 5) is 0. The van der Waals surface area contributed by atoms with Crippen molar-refractivity contribution in [3.63, 3.8) is 0 Å². The van der Waals surface area contributed by atoms with Gasteiger partial charge in [-0.3, -0.25) is 0 Å². The minimum atomic E-state index is -1.06. The molecule has 54 valence electrons. The van der Waals surface area contributed by atoms with E-state index < -0.39 is 7.12 Å². The summed E-state index contributed by atoms with van der Waals surface area (Å²) in [7, 11) is -1.06. The van der Waals surface area contributed by atoms with E-state index in [0.29, 0.717) is 0 Å². The van der Waals surface area contributed by atoms with Gasteiger partial charge in [-0.05, 0) is 5.82 Å². The van der Waals surface area contributed by atoms with Crippen molar-refractivity contribution in [1.29, 1.82) is 0 Å². The molecule has 0 amide bonds. The Morgan fingerprint density at radius 1 is 1.11 bits per heavy atom. The van der Waals surface area contributed by atoms with Gasteiger partial charge in [0.25, 0.3) is 0 Å². The van der Waals surface area contributed by atoms with Crippen LogP contribution in [0, 0.1) is 0 Å². The molecule has 0 aliphatic heterocycles. The first kappa shape index (κ1) is 8.94. The maximum Gasteiger partial charge on any atom is 0.454 e. The Balaban J connectivity index is 0.000000640. The molecule has 0 heterocycles. The monoisotopic (exact) mass is 132 g/mol. The first-order valence-corrected chi connectivity index (χ1v) is 3.17. The Labute approximate surface area is 55.2 Å². The highest BCUT2D eigenvalue weighted by molar-refractivity contribution is 6.43. The van der Waals surface area contributed by atoms with Crippen molar-refractivity contribution >= 4 is 7.12 Å². The Morgan fingerprint density at radius 2 is 1.56 bits per heavy atom. The Bertz CT molecular complexity index is 70.6. The van der Waals surface area contributed by atoms with Crippen LogP contribution in [0.25, 0.3) is 0 Å². The van der Waals surface area contributed by atoms with Gasteiger partial charge in [-0.25, -0.2) is 0 Å². The van der Waals surface area contributed by atoms with E-state index in [1.165, 1.54) is 12.8 Å². The summed E-state index contributed by atoms with van der Waals surface area (Å²) in [6.07, 6.45) is 4.33. The number of hydrogen-bond donors (Lipinski definition) is 2. The Morgan fingerprint density at radius 3 is 1.78 bits per heavy atom. The van der Waals surface area contributed by atoms with Crippen LogP contribution in [0.3, 0.4) is 0 Å². The summed E-state index contributed by atoms with van der Waals surface area (Å²) in [6, 6.07) is 0. The molecule has 1 fully saturated rings. The molecule has 0 aromatic heterocycles. The summed E-state index contributed by atoms with van der Waals surface area (Å²) < 4.78 is 0. The van der Waals surface area contributed by atoms with Gasteiger partial charge in [0.05, 0.1) is 0 Å². The number of rotatable bonds is 1. The lowest BCUT2D eigenvalue weighted by Gasteiger charge is -2.03. The van der Waals surface area contributed by atoms with Gasteiger partial charge in [0, 0.05) is 0 Å². The molecule has 1 aliphatic rings. The van der Waals surface area contributed by atoms with E-state index in [-0.39, 0.29) is 11.3 Å². The van der Waals surface area contributed by atoms with E-state index in [2.05, 4.69) is 0 Å². The molecule has 0 aromatic rings. The predicted molar refractivity (Wildman–Crippen MR) is 36.0 cm³/mol. The van der Waals surface area contributed by atoms with E-state index in [0.717, 1.165) is 12.8 Å². The highest BCUT2D eigenvalue weighted by Gasteiger charge is 2.25. The highest BCUT2D eigenvalue weighted by Crippen LogP contribution is 2.30. The molecule has 0 aromatic carbocycles. The van der Waals surface area contributed by atoms with Gasteiger partial charge < -0.3 is 15.5 Å².